The molecule has 0 aromatic heterocycles. The first kappa shape index (κ1) is 15.4. The highest BCUT2D eigenvalue weighted by Gasteiger charge is 2.07. The van der Waals surface area contributed by atoms with Gasteiger partial charge in [-0.25, -0.2) is 0 Å². The summed E-state index contributed by atoms with van der Waals surface area (Å²) in [7, 11) is 0. The summed E-state index contributed by atoms with van der Waals surface area (Å²) in [5.41, 5.74) is 2.28. The van der Waals surface area contributed by atoms with Crippen LogP contribution >= 0.6 is 0 Å². The van der Waals surface area contributed by atoms with Crippen LogP contribution in [0.25, 0.3) is 6.08 Å². The molecule has 0 unspecified atom stereocenters. The molecule has 0 aliphatic rings. The van der Waals surface area contributed by atoms with Gasteiger partial charge in [0.1, 0.15) is 0 Å². The summed E-state index contributed by atoms with van der Waals surface area (Å²) in [6.45, 7) is 8.22. The number of benzene rings is 1. The van der Waals surface area contributed by atoms with Crippen molar-refractivity contribution in [3.05, 3.63) is 45.5 Å². The van der Waals surface area contributed by atoms with E-state index in [9.17, 15) is 10.1 Å². The van der Waals surface area contributed by atoms with Gasteiger partial charge in [-0.3, -0.25) is 10.1 Å². The molecule has 4 nitrogen and oxygen atoms in total. The van der Waals surface area contributed by atoms with E-state index in [1.807, 2.05) is 12.1 Å². The lowest BCUT2D eigenvalue weighted by Gasteiger charge is -2.12. The number of rotatable bonds is 7. The lowest BCUT2D eigenvalue weighted by atomic mass is 10.00. The average Bonchev–Trinajstić information content (AvgIpc) is 2.38. The van der Waals surface area contributed by atoms with Gasteiger partial charge in [0, 0.05) is 18.7 Å². The predicted octanol–water partition coefficient (Wildman–Crippen LogP) is 3.63. The fourth-order valence-electron chi connectivity index (χ4n) is 1.77. The second-order valence-corrected chi connectivity index (χ2v) is 4.90. The van der Waals surface area contributed by atoms with Crippen LogP contribution in [0, 0.1) is 16.0 Å². The van der Waals surface area contributed by atoms with Gasteiger partial charge in [0.15, 0.2) is 0 Å². The number of nitro groups is 1. The van der Waals surface area contributed by atoms with Crippen molar-refractivity contribution in [3.63, 3.8) is 0 Å². The third kappa shape index (κ3) is 5.22. The maximum Gasteiger partial charge on any atom is 0.270 e. The summed E-state index contributed by atoms with van der Waals surface area (Å²) in [5, 5.41) is 14.1. The Morgan fingerprint density at radius 2 is 2.21 bits per heavy atom. The Labute approximate surface area is 114 Å². The first-order valence-electron chi connectivity index (χ1n) is 6.70. The Morgan fingerprint density at radius 3 is 2.79 bits per heavy atom. The van der Waals surface area contributed by atoms with Crippen molar-refractivity contribution in [2.75, 3.05) is 13.1 Å². The predicted molar refractivity (Wildman–Crippen MR) is 79.1 cm³/mol. The SMILES string of the molecule is CCCNCC(=Cc1cccc([N+](=O)[O-])c1)C(C)C. The largest absolute Gasteiger partial charge is 0.313 e. The molecule has 0 radical (unpaired) electrons. The molecule has 1 rings (SSSR count). The Morgan fingerprint density at radius 1 is 1.47 bits per heavy atom. The summed E-state index contributed by atoms with van der Waals surface area (Å²) in [4.78, 5) is 10.4. The molecule has 0 aliphatic heterocycles. The summed E-state index contributed by atoms with van der Waals surface area (Å²) in [6.07, 6.45) is 3.14. The second kappa shape index (κ2) is 7.69. The van der Waals surface area contributed by atoms with Crippen LogP contribution in [0.15, 0.2) is 29.8 Å². The van der Waals surface area contributed by atoms with Crippen molar-refractivity contribution in [2.45, 2.75) is 27.2 Å². The fraction of sp³-hybridized carbons (Fsp3) is 0.467. The third-order valence-electron chi connectivity index (χ3n) is 2.93. The zero-order chi connectivity index (χ0) is 14.3. The molecule has 4 heteroatoms. The molecule has 104 valence electrons. The van der Waals surface area contributed by atoms with Crippen molar-refractivity contribution in [2.24, 2.45) is 5.92 Å². The molecule has 19 heavy (non-hydrogen) atoms. The van der Waals surface area contributed by atoms with Gasteiger partial charge >= 0.3 is 0 Å². The van der Waals surface area contributed by atoms with Crippen molar-refractivity contribution in [1.29, 1.82) is 0 Å². The first-order chi connectivity index (χ1) is 9.04. The number of nitrogens with zero attached hydrogens (tertiary/aromatic N) is 1. The molecule has 0 amide bonds. The second-order valence-electron chi connectivity index (χ2n) is 4.90. The topological polar surface area (TPSA) is 55.2 Å². The summed E-state index contributed by atoms with van der Waals surface area (Å²) in [5.74, 6) is 0.420. The zero-order valence-electron chi connectivity index (χ0n) is 11.8. The van der Waals surface area contributed by atoms with Gasteiger partial charge in [0.2, 0.25) is 0 Å². The van der Waals surface area contributed by atoms with Crippen LogP contribution in [-0.4, -0.2) is 18.0 Å². The van der Waals surface area contributed by atoms with E-state index in [0.29, 0.717) is 5.92 Å². The normalized spacial score (nSPS) is 11.9. The molecular weight excluding hydrogens is 240 g/mol. The van der Waals surface area contributed by atoms with Gasteiger partial charge in [0.05, 0.1) is 4.92 Å². The van der Waals surface area contributed by atoms with Crippen LogP contribution < -0.4 is 5.32 Å². The number of hydrogen-bond donors (Lipinski definition) is 1. The molecular formula is C15H22N2O2. The van der Waals surface area contributed by atoms with Crippen LogP contribution in [0.1, 0.15) is 32.8 Å². The van der Waals surface area contributed by atoms with Crippen molar-refractivity contribution in [1.82, 2.24) is 5.32 Å². The molecule has 0 atom stereocenters. The highest BCUT2D eigenvalue weighted by Crippen LogP contribution is 2.18. The van der Waals surface area contributed by atoms with E-state index in [-0.39, 0.29) is 10.6 Å². The molecule has 0 bridgehead atoms. The molecule has 0 aliphatic carbocycles. The number of nitro benzene ring substituents is 1. The average molecular weight is 262 g/mol. The van der Waals surface area contributed by atoms with Gasteiger partial charge in [-0.05, 0) is 24.4 Å². The molecule has 1 aromatic carbocycles. The van der Waals surface area contributed by atoms with Crippen LogP contribution in [0.3, 0.4) is 0 Å². The van der Waals surface area contributed by atoms with Gasteiger partial charge < -0.3 is 5.32 Å². The van der Waals surface area contributed by atoms with Gasteiger partial charge in [-0.2, -0.15) is 0 Å². The minimum atomic E-state index is -0.359. The highest BCUT2D eigenvalue weighted by molar-refractivity contribution is 5.56. The van der Waals surface area contributed by atoms with Crippen molar-refractivity contribution >= 4 is 11.8 Å². The molecule has 1 aromatic rings. The van der Waals surface area contributed by atoms with Crippen LogP contribution in [-0.2, 0) is 0 Å². The minimum absolute atomic E-state index is 0.137. The van der Waals surface area contributed by atoms with E-state index in [4.69, 9.17) is 0 Å². The lowest BCUT2D eigenvalue weighted by Crippen LogP contribution is -2.19. The molecule has 0 saturated heterocycles. The summed E-state index contributed by atoms with van der Waals surface area (Å²) >= 11 is 0. The Balaban J connectivity index is 2.88. The molecule has 0 heterocycles. The van der Waals surface area contributed by atoms with E-state index in [0.717, 1.165) is 25.1 Å². The first-order valence-corrected chi connectivity index (χ1v) is 6.70. The van der Waals surface area contributed by atoms with E-state index in [2.05, 4.69) is 26.1 Å². The van der Waals surface area contributed by atoms with E-state index in [1.54, 1.807) is 12.1 Å². The van der Waals surface area contributed by atoms with Gasteiger partial charge in [-0.15, -0.1) is 0 Å². The number of hydrogen-bond acceptors (Lipinski definition) is 3. The Kier molecular flexibility index (Phi) is 6.22. The maximum absolute atomic E-state index is 10.8. The standard InChI is InChI=1S/C15H22N2O2/c1-4-8-16-11-14(12(2)3)9-13-6-5-7-15(10-13)17(18)19/h5-7,9-10,12,16H,4,8,11H2,1-3H3. The molecule has 0 fully saturated rings. The molecule has 0 spiro atoms. The summed E-state index contributed by atoms with van der Waals surface area (Å²) in [6, 6.07) is 6.75. The van der Waals surface area contributed by atoms with Gasteiger partial charge in [-0.1, -0.05) is 44.6 Å². The third-order valence-corrected chi connectivity index (χ3v) is 2.93. The molecule has 1 N–H and O–H groups in total. The van der Waals surface area contributed by atoms with Crippen molar-refractivity contribution in [3.8, 4) is 0 Å². The minimum Gasteiger partial charge on any atom is -0.313 e. The highest BCUT2D eigenvalue weighted by atomic mass is 16.6. The van der Waals surface area contributed by atoms with Crippen molar-refractivity contribution < 1.29 is 4.92 Å². The van der Waals surface area contributed by atoms with Crippen LogP contribution in [0.4, 0.5) is 5.69 Å². The Bertz CT molecular complexity index is 453. The van der Waals surface area contributed by atoms with Gasteiger partial charge in [0.25, 0.3) is 5.69 Å². The Hall–Kier alpha value is -1.68. The lowest BCUT2D eigenvalue weighted by molar-refractivity contribution is -0.384. The van der Waals surface area contributed by atoms with Crippen LogP contribution in [0.5, 0.6) is 0 Å². The van der Waals surface area contributed by atoms with Crippen LogP contribution in [0.2, 0.25) is 0 Å². The number of nitrogens with one attached hydrogen (secondary N) is 1. The fourth-order valence-corrected chi connectivity index (χ4v) is 1.77. The number of non-ortho nitro benzene ring substituents is 1. The maximum atomic E-state index is 10.8. The van der Waals surface area contributed by atoms with E-state index < -0.39 is 0 Å². The zero-order valence-corrected chi connectivity index (χ0v) is 11.8. The summed E-state index contributed by atoms with van der Waals surface area (Å²) < 4.78 is 0. The quantitative estimate of drug-likeness (QED) is 0.464. The van der Waals surface area contributed by atoms with E-state index >= 15 is 0 Å². The van der Waals surface area contributed by atoms with E-state index in [1.165, 1.54) is 11.6 Å². The smallest absolute Gasteiger partial charge is 0.270 e. The monoisotopic (exact) mass is 262 g/mol. The molecule has 0 saturated carbocycles.